The molecule has 2 atom stereocenters. The Morgan fingerprint density at radius 2 is 2.00 bits per heavy atom. The molecule has 0 aromatic heterocycles. The molecule has 0 saturated heterocycles. The van der Waals surface area contributed by atoms with Gasteiger partial charge in [-0.2, -0.15) is 0 Å². The van der Waals surface area contributed by atoms with Crippen molar-refractivity contribution in [2.75, 3.05) is 7.11 Å². The van der Waals surface area contributed by atoms with Gasteiger partial charge in [0.25, 0.3) is 0 Å². The standard InChI is InChI=1S/C14H22N2O2/c1-5-10(2)16-14(3,13(15)17)11-6-8-12(18-4)9-7-11/h6-10,16H,5H2,1-4H3,(H2,15,17). The predicted octanol–water partition coefficient (Wildman–Crippen LogP) is 1.78. The Kier molecular flexibility index (Phi) is 4.73. The van der Waals surface area contributed by atoms with Gasteiger partial charge in [0.15, 0.2) is 0 Å². The quantitative estimate of drug-likeness (QED) is 0.809. The summed E-state index contributed by atoms with van der Waals surface area (Å²) in [6.45, 7) is 5.90. The Labute approximate surface area is 109 Å². The van der Waals surface area contributed by atoms with Crippen molar-refractivity contribution >= 4 is 5.91 Å². The maximum Gasteiger partial charge on any atom is 0.242 e. The van der Waals surface area contributed by atoms with Crippen LogP contribution in [0.15, 0.2) is 24.3 Å². The van der Waals surface area contributed by atoms with E-state index in [0.29, 0.717) is 0 Å². The van der Waals surface area contributed by atoms with Crippen LogP contribution in [0.2, 0.25) is 0 Å². The van der Waals surface area contributed by atoms with Gasteiger partial charge in [0.2, 0.25) is 5.91 Å². The molecule has 0 radical (unpaired) electrons. The summed E-state index contributed by atoms with van der Waals surface area (Å²) < 4.78 is 5.11. The first kappa shape index (κ1) is 14.5. The van der Waals surface area contributed by atoms with E-state index in [0.717, 1.165) is 17.7 Å². The van der Waals surface area contributed by atoms with E-state index in [-0.39, 0.29) is 11.9 Å². The molecule has 18 heavy (non-hydrogen) atoms. The zero-order chi connectivity index (χ0) is 13.8. The van der Waals surface area contributed by atoms with Gasteiger partial charge in [-0.3, -0.25) is 10.1 Å². The van der Waals surface area contributed by atoms with Crippen LogP contribution in [0.4, 0.5) is 0 Å². The second-order valence-corrected chi connectivity index (χ2v) is 4.67. The SMILES string of the molecule is CCC(C)NC(C)(C(N)=O)c1ccc(OC)cc1. The first-order valence-electron chi connectivity index (χ1n) is 6.16. The maximum absolute atomic E-state index is 11.8. The molecule has 4 heteroatoms. The first-order chi connectivity index (χ1) is 8.43. The molecular weight excluding hydrogens is 228 g/mol. The number of methoxy groups -OCH3 is 1. The molecular formula is C14H22N2O2. The lowest BCUT2D eigenvalue weighted by Crippen LogP contribution is -2.53. The van der Waals surface area contributed by atoms with Crippen LogP contribution in [0.3, 0.4) is 0 Å². The Bertz CT molecular complexity index is 403. The average molecular weight is 250 g/mol. The maximum atomic E-state index is 11.8. The summed E-state index contributed by atoms with van der Waals surface area (Å²) in [6.07, 6.45) is 0.930. The van der Waals surface area contributed by atoms with Gasteiger partial charge in [0.1, 0.15) is 11.3 Å². The zero-order valence-corrected chi connectivity index (χ0v) is 11.5. The molecule has 0 heterocycles. The molecule has 0 spiro atoms. The minimum atomic E-state index is -0.859. The van der Waals surface area contributed by atoms with Gasteiger partial charge >= 0.3 is 0 Å². The number of rotatable bonds is 6. The molecule has 0 aliphatic carbocycles. The molecule has 0 aliphatic heterocycles. The molecule has 3 N–H and O–H groups in total. The van der Waals surface area contributed by atoms with Crippen molar-refractivity contribution in [2.45, 2.75) is 38.8 Å². The third kappa shape index (κ3) is 3.01. The minimum Gasteiger partial charge on any atom is -0.497 e. The van der Waals surface area contributed by atoms with Gasteiger partial charge in [0.05, 0.1) is 7.11 Å². The van der Waals surface area contributed by atoms with Crippen molar-refractivity contribution in [2.24, 2.45) is 5.73 Å². The summed E-state index contributed by atoms with van der Waals surface area (Å²) in [5.74, 6) is 0.377. The van der Waals surface area contributed by atoms with Crippen LogP contribution < -0.4 is 15.8 Å². The molecule has 0 fully saturated rings. The predicted molar refractivity (Wildman–Crippen MR) is 72.4 cm³/mol. The van der Waals surface area contributed by atoms with E-state index < -0.39 is 5.54 Å². The van der Waals surface area contributed by atoms with E-state index in [9.17, 15) is 4.79 Å². The number of carbonyl (C=O) groups excluding carboxylic acids is 1. The van der Waals surface area contributed by atoms with E-state index >= 15 is 0 Å². The highest BCUT2D eigenvalue weighted by Gasteiger charge is 2.33. The van der Waals surface area contributed by atoms with Gasteiger partial charge in [-0.05, 0) is 38.0 Å². The normalized spacial score (nSPS) is 15.8. The van der Waals surface area contributed by atoms with Crippen LogP contribution in [0, 0.1) is 0 Å². The molecule has 2 unspecified atom stereocenters. The number of nitrogens with one attached hydrogen (secondary N) is 1. The van der Waals surface area contributed by atoms with Crippen molar-refractivity contribution in [3.8, 4) is 5.75 Å². The highest BCUT2D eigenvalue weighted by Crippen LogP contribution is 2.24. The highest BCUT2D eigenvalue weighted by molar-refractivity contribution is 5.85. The summed E-state index contributed by atoms with van der Waals surface area (Å²) in [5.41, 5.74) is 5.53. The number of primary amides is 1. The van der Waals surface area contributed by atoms with Gasteiger partial charge in [0, 0.05) is 6.04 Å². The van der Waals surface area contributed by atoms with Gasteiger partial charge in [-0.25, -0.2) is 0 Å². The lowest BCUT2D eigenvalue weighted by Gasteiger charge is -2.31. The lowest BCUT2D eigenvalue weighted by molar-refractivity contribution is -0.124. The fourth-order valence-electron chi connectivity index (χ4n) is 1.82. The second kappa shape index (κ2) is 5.87. The molecule has 0 saturated carbocycles. The molecule has 1 rings (SSSR count). The Morgan fingerprint density at radius 1 is 1.44 bits per heavy atom. The topological polar surface area (TPSA) is 64.3 Å². The van der Waals surface area contributed by atoms with Crippen molar-refractivity contribution < 1.29 is 9.53 Å². The number of hydrogen-bond donors (Lipinski definition) is 2. The summed E-state index contributed by atoms with van der Waals surface area (Å²) in [4.78, 5) is 11.8. The van der Waals surface area contributed by atoms with E-state index in [1.54, 1.807) is 7.11 Å². The Hall–Kier alpha value is -1.55. The van der Waals surface area contributed by atoms with Crippen LogP contribution in [-0.2, 0) is 10.3 Å². The van der Waals surface area contributed by atoms with Crippen LogP contribution in [0.25, 0.3) is 0 Å². The fraction of sp³-hybridized carbons (Fsp3) is 0.500. The number of hydrogen-bond acceptors (Lipinski definition) is 3. The Balaban J connectivity index is 3.06. The largest absolute Gasteiger partial charge is 0.497 e. The number of benzene rings is 1. The van der Waals surface area contributed by atoms with Crippen molar-refractivity contribution in [3.05, 3.63) is 29.8 Å². The molecule has 0 bridgehead atoms. The number of nitrogens with two attached hydrogens (primary N) is 1. The molecule has 1 aromatic rings. The third-order valence-electron chi connectivity index (χ3n) is 3.31. The van der Waals surface area contributed by atoms with Gasteiger partial charge in [-0.15, -0.1) is 0 Å². The van der Waals surface area contributed by atoms with E-state index in [1.165, 1.54) is 0 Å². The number of ether oxygens (including phenoxy) is 1. The molecule has 1 aromatic carbocycles. The second-order valence-electron chi connectivity index (χ2n) is 4.67. The first-order valence-corrected chi connectivity index (χ1v) is 6.16. The lowest BCUT2D eigenvalue weighted by atomic mass is 9.90. The van der Waals surface area contributed by atoms with Crippen LogP contribution in [-0.4, -0.2) is 19.1 Å². The van der Waals surface area contributed by atoms with Crippen LogP contribution in [0.5, 0.6) is 5.75 Å². The Morgan fingerprint density at radius 3 is 2.39 bits per heavy atom. The molecule has 1 amide bonds. The zero-order valence-electron chi connectivity index (χ0n) is 11.5. The van der Waals surface area contributed by atoms with Crippen molar-refractivity contribution in [3.63, 3.8) is 0 Å². The van der Waals surface area contributed by atoms with E-state index in [2.05, 4.69) is 12.2 Å². The monoisotopic (exact) mass is 250 g/mol. The van der Waals surface area contributed by atoms with Crippen LogP contribution in [0.1, 0.15) is 32.8 Å². The van der Waals surface area contributed by atoms with Crippen molar-refractivity contribution in [1.29, 1.82) is 0 Å². The molecule has 4 nitrogen and oxygen atoms in total. The average Bonchev–Trinajstić information content (AvgIpc) is 2.38. The number of amides is 1. The summed E-state index contributed by atoms with van der Waals surface area (Å²) in [5, 5.41) is 3.28. The summed E-state index contributed by atoms with van der Waals surface area (Å²) in [6, 6.07) is 7.59. The van der Waals surface area contributed by atoms with Gasteiger partial charge in [-0.1, -0.05) is 19.1 Å². The minimum absolute atomic E-state index is 0.213. The highest BCUT2D eigenvalue weighted by atomic mass is 16.5. The van der Waals surface area contributed by atoms with Gasteiger partial charge < -0.3 is 10.5 Å². The van der Waals surface area contributed by atoms with Crippen molar-refractivity contribution in [1.82, 2.24) is 5.32 Å². The summed E-state index contributed by atoms with van der Waals surface area (Å²) in [7, 11) is 1.61. The number of carbonyl (C=O) groups is 1. The smallest absolute Gasteiger partial charge is 0.242 e. The fourth-order valence-corrected chi connectivity index (χ4v) is 1.82. The summed E-state index contributed by atoms with van der Waals surface area (Å²) >= 11 is 0. The van der Waals surface area contributed by atoms with Crippen LogP contribution >= 0.6 is 0 Å². The van der Waals surface area contributed by atoms with E-state index in [4.69, 9.17) is 10.5 Å². The van der Waals surface area contributed by atoms with E-state index in [1.807, 2.05) is 38.1 Å². The molecule has 100 valence electrons. The molecule has 0 aliphatic rings. The third-order valence-corrected chi connectivity index (χ3v) is 3.31.